The summed E-state index contributed by atoms with van der Waals surface area (Å²) in [6, 6.07) is 3.89. The van der Waals surface area contributed by atoms with E-state index in [2.05, 4.69) is 0 Å². The predicted octanol–water partition coefficient (Wildman–Crippen LogP) is 2.85. The third-order valence-electron chi connectivity index (χ3n) is 2.11. The van der Waals surface area contributed by atoms with Gasteiger partial charge < -0.3 is 0 Å². The average molecular weight is 183 g/mol. The standard InChI is InChI=1S/C10H11ClO/c1-7-3-4-9(5-11)8(2)10(7)6-12/h3-4,6H,5H2,1-2H3. The second-order valence-electron chi connectivity index (χ2n) is 2.83. The molecule has 0 aliphatic carbocycles. The zero-order chi connectivity index (χ0) is 9.14. The molecule has 0 radical (unpaired) electrons. The smallest absolute Gasteiger partial charge is 0.150 e. The van der Waals surface area contributed by atoms with Gasteiger partial charge in [-0.1, -0.05) is 12.1 Å². The van der Waals surface area contributed by atoms with Crippen LogP contribution in [0.25, 0.3) is 0 Å². The Bertz CT molecular complexity index is 305. The van der Waals surface area contributed by atoms with Crippen LogP contribution in [-0.2, 0) is 5.88 Å². The van der Waals surface area contributed by atoms with Gasteiger partial charge in [0.1, 0.15) is 0 Å². The molecular formula is C10H11ClO. The van der Waals surface area contributed by atoms with Crippen molar-refractivity contribution in [2.24, 2.45) is 0 Å². The molecule has 0 aromatic heterocycles. The molecule has 0 fully saturated rings. The summed E-state index contributed by atoms with van der Waals surface area (Å²) in [5, 5.41) is 0. The molecule has 0 saturated carbocycles. The van der Waals surface area contributed by atoms with Crippen molar-refractivity contribution in [3.05, 3.63) is 34.4 Å². The first-order valence-electron chi connectivity index (χ1n) is 3.81. The first-order chi connectivity index (χ1) is 5.70. The van der Waals surface area contributed by atoms with E-state index in [1.165, 1.54) is 0 Å². The molecule has 0 saturated heterocycles. The highest BCUT2D eigenvalue weighted by Gasteiger charge is 2.04. The van der Waals surface area contributed by atoms with Crippen molar-refractivity contribution in [2.45, 2.75) is 19.7 Å². The van der Waals surface area contributed by atoms with E-state index in [1.54, 1.807) is 0 Å². The molecule has 1 rings (SSSR count). The minimum absolute atomic E-state index is 0.465. The van der Waals surface area contributed by atoms with Crippen LogP contribution >= 0.6 is 11.6 Å². The van der Waals surface area contributed by atoms with Crippen LogP contribution in [-0.4, -0.2) is 6.29 Å². The van der Waals surface area contributed by atoms with E-state index in [9.17, 15) is 4.79 Å². The van der Waals surface area contributed by atoms with E-state index >= 15 is 0 Å². The lowest BCUT2D eigenvalue weighted by Crippen LogP contribution is -1.95. The second-order valence-corrected chi connectivity index (χ2v) is 3.10. The van der Waals surface area contributed by atoms with Gasteiger partial charge in [0.25, 0.3) is 0 Å². The molecule has 0 amide bonds. The molecule has 1 nitrogen and oxygen atoms in total. The SMILES string of the molecule is Cc1ccc(CCl)c(C)c1C=O. The van der Waals surface area contributed by atoms with E-state index in [4.69, 9.17) is 11.6 Å². The lowest BCUT2D eigenvalue weighted by Gasteiger charge is -2.06. The zero-order valence-electron chi connectivity index (χ0n) is 7.23. The van der Waals surface area contributed by atoms with E-state index < -0.39 is 0 Å². The fraction of sp³-hybridized carbons (Fsp3) is 0.300. The average Bonchev–Trinajstić information content (AvgIpc) is 2.06. The summed E-state index contributed by atoms with van der Waals surface area (Å²) in [5.74, 6) is 0.465. The molecule has 2 heteroatoms. The monoisotopic (exact) mass is 182 g/mol. The molecule has 64 valence electrons. The van der Waals surface area contributed by atoms with Gasteiger partial charge in [0.15, 0.2) is 6.29 Å². The second kappa shape index (κ2) is 3.72. The Kier molecular flexibility index (Phi) is 2.88. The summed E-state index contributed by atoms with van der Waals surface area (Å²) >= 11 is 5.70. The molecule has 0 spiro atoms. The topological polar surface area (TPSA) is 17.1 Å². The maximum Gasteiger partial charge on any atom is 0.150 e. The number of hydrogen-bond donors (Lipinski definition) is 0. The van der Waals surface area contributed by atoms with Gasteiger partial charge >= 0.3 is 0 Å². The van der Waals surface area contributed by atoms with Crippen molar-refractivity contribution >= 4 is 17.9 Å². The van der Waals surface area contributed by atoms with Crippen LogP contribution in [0.15, 0.2) is 12.1 Å². The molecule has 0 bridgehead atoms. The van der Waals surface area contributed by atoms with Crippen LogP contribution in [0.1, 0.15) is 27.0 Å². The van der Waals surface area contributed by atoms with Crippen LogP contribution < -0.4 is 0 Å². The number of aldehydes is 1. The van der Waals surface area contributed by atoms with Crippen molar-refractivity contribution < 1.29 is 4.79 Å². The number of aryl methyl sites for hydroxylation is 1. The highest BCUT2D eigenvalue weighted by atomic mass is 35.5. The van der Waals surface area contributed by atoms with Gasteiger partial charge in [-0.05, 0) is 30.5 Å². The molecule has 0 atom stereocenters. The summed E-state index contributed by atoms with van der Waals surface area (Å²) in [4.78, 5) is 10.7. The number of halogens is 1. The normalized spacial score (nSPS) is 9.92. The van der Waals surface area contributed by atoms with Gasteiger partial charge in [-0.3, -0.25) is 4.79 Å². The minimum atomic E-state index is 0.465. The Balaban J connectivity index is 3.33. The van der Waals surface area contributed by atoms with Gasteiger partial charge in [0.05, 0.1) is 0 Å². The predicted molar refractivity (Wildman–Crippen MR) is 50.9 cm³/mol. The lowest BCUT2D eigenvalue weighted by molar-refractivity contribution is 0.112. The van der Waals surface area contributed by atoms with E-state index in [0.717, 1.165) is 28.5 Å². The maximum atomic E-state index is 10.7. The van der Waals surface area contributed by atoms with Gasteiger partial charge in [0, 0.05) is 11.4 Å². The minimum Gasteiger partial charge on any atom is -0.298 e. The molecule has 0 aliphatic heterocycles. The Morgan fingerprint density at radius 3 is 2.58 bits per heavy atom. The van der Waals surface area contributed by atoms with E-state index in [0.29, 0.717) is 5.88 Å². The Labute approximate surface area is 77.4 Å². The molecule has 12 heavy (non-hydrogen) atoms. The van der Waals surface area contributed by atoms with E-state index in [-0.39, 0.29) is 0 Å². The third kappa shape index (κ3) is 1.51. The molecule has 0 heterocycles. The number of alkyl halides is 1. The molecular weight excluding hydrogens is 172 g/mol. The number of benzene rings is 1. The van der Waals surface area contributed by atoms with Crippen LogP contribution in [0, 0.1) is 13.8 Å². The van der Waals surface area contributed by atoms with Gasteiger partial charge in [-0.15, -0.1) is 11.6 Å². The summed E-state index contributed by atoms with van der Waals surface area (Å²) in [7, 11) is 0. The molecule has 0 aliphatic rings. The van der Waals surface area contributed by atoms with Crippen LogP contribution in [0.4, 0.5) is 0 Å². The largest absolute Gasteiger partial charge is 0.298 e. The molecule has 1 aromatic carbocycles. The first-order valence-corrected chi connectivity index (χ1v) is 4.34. The Morgan fingerprint density at radius 2 is 2.08 bits per heavy atom. The highest BCUT2D eigenvalue weighted by molar-refractivity contribution is 6.17. The number of carbonyl (C=O) groups is 1. The van der Waals surface area contributed by atoms with Crippen LogP contribution in [0.2, 0.25) is 0 Å². The molecule has 1 aromatic rings. The van der Waals surface area contributed by atoms with Crippen LogP contribution in [0.3, 0.4) is 0 Å². The van der Waals surface area contributed by atoms with Crippen molar-refractivity contribution in [3.63, 3.8) is 0 Å². The maximum absolute atomic E-state index is 10.7. The summed E-state index contributed by atoms with van der Waals surface area (Å²) in [6.45, 7) is 3.85. The fourth-order valence-electron chi connectivity index (χ4n) is 1.24. The van der Waals surface area contributed by atoms with Crippen LogP contribution in [0.5, 0.6) is 0 Å². The van der Waals surface area contributed by atoms with Crippen molar-refractivity contribution in [2.75, 3.05) is 0 Å². The number of carbonyl (C=O) groups excluding carboxylic acids is 1. The lowest BCUT2D eigenvalue weighted by atomic mass is 10.00. The Hall–Kier alpha value is -0.820. The summed E-state index contributed by atoms with van der Waals surface area (Å²) in [5.41, 5.74) is 3.81. The van der Waals surface area contributed by atoms with Crippen molar-refractivity contribution in [1.82, 2.24) is 0 Å². The highest BCUT2D eigenvalue weighted by Crippen LogP contribution is 2.17. The molecule has 0 unspecified atom stereocenters. The zero-order valence-corrected chi connectivity index (χ0v) is 7.98. The van der Waals surface area contributed by atoms with E-state index in [1.807, 2.05) is 26.0 Å². The van der Waals surface area contributed by atoms with Gasteiger partial charge in [0.2, 0.25) is 0 Å². The van der Waals surface area contributed by atoms with Gasteiger partial charge in [-0.2, -0.15) is 0 Å². The first kappa shape index (κ1) is 9.27. The van der Waals surface area contributed by atoms with Gasteiger partial charge in [-0.25, -0.2) is 0 Å². The fourth-order valence-corrected chi connectivity index (χ4v) is 1.52. The molecule has 0 N–H and O–H groups in total. The third-order valence-corrected chi connectivity index (χ3v) is 2.39. The summed E-state index contributed by atoms with van der Waals surface area (Å²) in [6.07, 6.45) is 0.890. The quantitative estimate of drug-likeness (QED) is 0.508. The Morgan fingerprint density at radius 1 is 1.42 bits per heavy atom. The number of hydrogen-bond acceptors (Lipinski definition) is 1. The van der Waals surface area contributed by atoms with Crippen molar-refractivity contribution in [3.8, 4) is 0 Å². The van der Waals surface area contributed by atoms with Crippen molar-refractivity contribution in [1.29, 1.82) is 0 Å². The number of rotatable bonds is 2. The summed E-state index contributed by atoms with van der Waals surface area (Å²) < 4.78 is 0.